The third-order valence-electron chi connectivity index (χ3n) is 4.49. The number of anilines is 2. The zero-order valence-electron chi connectivity index (χ0n) is 16.0. The first-order valence-electron chi connectivity index (χ1n) is 9.04. The van der Waals surface area contributed by atoms with E-state index >= 15 is 0 Å². The van der Waals surface area contributed by atoms with Crippen molar-refractivity contribution in [2.24, 2.45) is 7.05 Å². The lowest BCUT2D eigenvalue weighted by Crippen LogP contribution is -1.98. The molecule has 6 heteroatoms. The van der Waals surface area contributed by atoms with Crippen molar-refractivity contribution in [3.63, 3.8) is 0 Å². The second kappa shape index (κ2) is 7.52. The normalized spacial score (nSPS) is 10.7. The van der Waals surface area contributed by atoms with Gasteiger partial charge in [0, 0.05) is 24.6 Å². The highest BCUT2D eigenvalue weighted by molar-refractivity contribution is 5.64. The van der Waals surface area contributed by atoms with Gasteiger partial charge in [-0.25, -0.2) is 9.97 Å². The molecular weight excluding hydrogens is 350 g/mol. The van der Waals surface area contributed by atoms with E-state index in [1.165, 1.54) is 0 Å². The maximum Gasteiger partial charge on any atom is 0.165 e. The van der Waals surface area contributed by atoms with Gasteiger partial charge in [0.05, 0.1) is 11.3 Å². The number of nitrogens with zero attached hydrogens (tertiary/aromatic N) is 4. The quantitative estimate of drug-likeness (QED) is 0.533. The summed E-state index contributed by atoms with van der Waals surface area (Å²) in [6.07, 6.45) is 1.75. The predicted molar refractivity (Wildman–Crippen MR) is 110 cm³/mol. The summed E-state index contributed by atoms with van der Waals surface area (Å²) in [4.78, 5) is 9.08. The first kappa shape index (κ1) is 17.7. The van der Waals surface area contributed by atoms with Crippen molar-refractivity contribution in [3.05, 3.63) is 78.2 Å². The van der Waals surface area contributed by atoms with Crippen LogP contribution < -0.4 is 10.1 Å². The molecule has 2 heterocycles. The van der Waals surface area contributed by atoms with Gasteiger partial charge in [-0.05, 0) is 56.3 Å². The summed E-state index contributed by atoms with van der Waals surface area (Å²) >= 11 is 0. The van der Waals surface area contributed by atoms with Crippen molar-refractivity contribution in [1.29, 1.82) is 0 Å². The molecule has 0 radical (unpaired) electrons. The zero-order chi connectivity index (χ0) is 19.5. The average molecular weight is 371 g/mol. The minimum atomic E-state index is 0.664. The fraction of sp³-hybridized carbons (Fsp3) is 0.136. The lowest BCUT2D eigenvalue weighted by molar-refractivity contribution is 0.483. The second-order valence-electron chi connectivity index (χ2n) is 6.50. The lowest BCUT2D eigenvalue weighted by atomic mass is 10.2. The third kappa shape index (κ3) is 3.71. The molecule has 0 amide bonds. The minimum absolute atomic E-state index is 0.664. The molecule has 0 spiro atoms. The maximum atomic E-state index is 5.83. The Bertz CT molecular complexity index is 1090. The molecule has 140 valence electrons. The summed E-state index contributed by atoms with van der Waals surface area (Å²) in [5, 5.41) is 7.76. The molecule has 2 aromatic carbocycles. The standard InChI is InChI=1S/C22H21N5O/c1-15-21(16(2)27(3)26-15)22-23-14-13-20(25-22)24-17-9-11-19(12-10-17)28-18-7-5-4-6-8-18/h4-14H,1-3H3,(H,23,24,25). The van der Waals surface area contributed by atoms with Crippen LogP contribution in [0.15, 0.2) is 66.9 Å². The number of aromatic nitrogens is 4. The highest BCUT2D eigenvalue weighted by Crippen LogP contribution is 2.26. The van der Waals surface area contributed by atoms with Crippen LogP contribution in [0.25, 0.3) is 11.4 Å². The Hall–Kier alpha value is -3.67. The van der Waals surface area contributed by atoms with Crippen LogP contribution in [0.2, 0.25) is 0 Å². The fourth-order valence-corrected chi connectivity index (χ4v) is 3.02. The monoisotopic (exact) mass is 371 g/mol. The molecule has 1 N–H and O–H groups in total. The van der Waals surface area contributed by atoms with Gasteiger partial charge >= 0.3 is 0 Å². The fourth-order valence-electron chi connectivity index (χ4n) is 3.02. The zero-order valence-corrected chi connectivity index (χ0v) is 16.0. The summed E-state index contributed by atoms with van der Waals surface area (Å²) in [5.41, 5.74) is 3.85. The van der Waals surface area contributed by atoms with Gasteiger partial charge in [-0.3, -0.25) is 4.68 Å². The molecule has 0 saturated heterocycles. The molecule has 0 unspecified atom stereocenters. The Morgan fingerprint density at radius 2 is 1.61 bits per heavy atom. The number of ether oxygens (including phenoxy) is 1. The molecule has 28 heavy (non-hydrogen) atoms. The SMILES string of the molecule is Cc1nn(C)c(C)c1-c1nccc(Nc2ccc(Oc3ccccc3)cc2)n1. The molecule has 0 bridgehead atoms. The van der Waals surface area contributed by atoms with E-state index in [0.717, 1.165) is 40.0 Å². The summed E-state index contributed by atoms with van der Waals surface area (Å²) in [6.45, 7) is 3.99. The van der Waals surface area contributed by atoms with E-state index in [-0.39, 0.29) is 0 Å². The van der Waals surface area contributed by atoms with Crippen molar-refractivity contribution in [2.75, 3.05) is 5.32 Å². The van der Waals surface area contributed by atoms with E-state index in [2.05, 4.69) is 20.4 Å². The van der Waals surface area contributed by atoms with Crippen LogP contribution in [0.3, 0.4) is 0 Å². The highest BCUT2D eigenvalue weighted by atomic mass is 16.5. The van der Waals surface area contributed by atoms with Crippen molar-refractivity contribution in [1.82, 2.24) is 19.7 Å². The van der Waals surface area contributed by atoms with E-state index in [0.29, 0.717) is 5.82 Å². The van der Waals surface area contributed by atoms with Crippen molar-refractivity contribution < 1.29 is 4.74 Å². The molecular formula is C22H21N5O. The van der Waals surface area contributed by atoms with Crippen molar-refractivity contribution in [2.45, 2.75) is 13.8 Å². The van der Waals surface area contributed by atoms with Crippen LogP contribution in [-0.4, -0.2) is 19.7 Å². The van der Waals surface area contributed by atoms with Crippen LogP contribution in [0.4, 0.5) is 11.5 Å². The molecule has 0 atom stereocenters. The molecule has 0 fully saturated rings. The van der Waals surface area contributed by atoms with Crippen molar-refractivity contribution in [3.8, 4) is 22.9 Å². The first-order valence-corrected chi connectivity index (χ1v) is 9.04. The number of hydrogen-bond donors (Lipinski definition) is 1. The number of aryl methyl sites for hydroxylation is 2. The Balaban J connectivity index is 1.52. The predicted octanol–water partition coefficient (Wildman–Crippen LogP) is 5.03. The highest BCUT2D eigenvalue weighted by Gasteiger charge is 2.14. The van der Waals surface area contributed by atoms with E-state index in [9.17, 15) is 0 Å². The van der Waals surface area contributed by atoms with E-state index in [4.69, 9.17) is 4.74 Å². The van der Waals surface area contributed by atoms with E-state index in [1.807, 2.05) is 86.2 Å². The Labute approximate surface area is 163 Å². The van der Waals surface area contributed by atoms with Gasteiger partial charge in [0.25, 0.3) is 0 Å². The lowest BCUT2D eigenvalue weighted by Gasteiger charge is -2.09. The third-order valence-corrected chi connectivity index (χ3v) is 4.49. The second-order valence-corrected chi connectivity index (χ2v) is 6.50. The number of nitrogens with one attached hydrogen (secondary N) is 1. The van der Waals surface area contributed by atoms with Crippen molar-refractivity contribution >= 4 is 11.5 Å². The molecule has 0 saturated carbocycles. The molecule has 6 nitrogen and oxygen atoms in total. The number of benzene rings is 2. The Morgan fingerprint density at radius 1 is 0.893 bits per heavy atom. The molecule has 0 aliphatic carbocycles. The molecule has 4 rings (SSSR count). The van der Waals surface area contributed by atoms with Crippen LogP contribution in [0.5, 0.6) is 11.5 Å². The van der Waals surface area contributed by atoms with E-state index < -0.39 is 0 Å². The van der Waals surface area contributed by atoms with Gasteiger partial charge in [0.2, 0.25) is 0 Å². The van der Waals surface area contributed by atoms with Gasteiger partial charge in [-0.1, -0.05) is 18.2 Å². The summed E-state index contributed by atoms with van der Waals surface area (Å²) < 4.78 is 7.67. The van der Waals surface area contributed by atoms with E-state index in [1.54, 1.807) is 6.20 Å². The largest absolute Gasteiger partial charge is 0.457 e. The van der Waals surface area contributed by atoms with Gasteiger partial charge in [-0.2, -0.15) is 5.10 Å². The number of hydrogen-bond acceptors (Lipinski definition) is 5. The topological polar surface area (TPSA) is 64.9 Å². The Kier molecular flexibility index (Phi) is 4.76. The first-order chi connectivity index (χ1) is 13.6. The molecule has 4 aromatic rings. The average Bonchev–Trinajstić information content (AvgIpc) is 2.96. The molecule has 2 aromatic heterocycles. The van der Waals surface area contributed by atoms with Gasteiger partial charge in [0.1, 0.15) is 17.3 Å². The maximum absolute atomic E-state index is 5.83. The number of para-hydroxylation sites is 1. The van der Waals surface area contributed by atoms with Crippen LogP contribution in [0, 0.1) is 13.8 Å². The Morgan fingerprint density at radius 3 is 2.29 bits per heavy atom. The smallest absolute Gasteiger partial charge is 0.165 e. The van der Waals surface area contributed by atoms with Gasteiger partial charge < -0.3 is 10.1 Å². The number of rotatable bonds is 5. The van der Waals surface area contributed by atoms with Crippen LogP contribution in [-0.2, 0) is 7.05 Å². The van der Waals surface area contributed by atoms with Crippen LogP contribution in [0.1, 0.15) is 11.4 Å². The van der Waals surface area contributed by atoms with Gasteiger partial charge in [0.15, 0.2) is 5.82 Å². The molecule has 0 aliphatic rings. The van der Waals surface area contributed by atoms with Crippen LogP contribution >= 0.6 is 0 Å². The molecule has 0 aliphatic heterocycles. The van der Waals surface area contributed by atoms with Gasteiger partial charge in [-0.15, -0.1) is 0 Å². The summed E-state index contributed by atoms with van der Waals surface area (Å²) in [5.74, 6) is 2.98. The summed E-state index contributed by atoms with van der Waals surface area (Å²) in [6, 6.07) is 19.3. The summed E-state index contributed by atoms with van der Waals surface area (Å²) in [7, 11) is 1.92. The minimum Gasteiger partial charge on any atom is -0.457 e.